The fraction of sp³-hybridized carbons (Fsp3) is 0.500. The number of β-lactam (4-membered cyclic amide) rings is 1. The minimum atomic E-state index is -2.11. The number of aromatic nitrogens is 1. The topological polar surface area (TPSA) is 68.7 Å². The van der Waals surface area contributed by atoms with E-state index in [0.717, 1.165) is 27.2 Å². The molecule has 1 saturated heterocycles. The van der Waals surface area contributed by atoms with Crippen LogP contribution in [-0.2, 0) is 32.1 Å². The first-order valence-electron chi connectivity index (χ1n) is 13.4. The molecule has 4 rings (SSSR count). The number of carbonyl (C=O) groups excluding carboxylic acids is 2. The van der Waals surface area contributed by atoms with Gasteiger partial charge in [0.1, 0.15) is 6.61 Å². The Balaban J connectivity index is 1.58. The molecule has 1 aliphatic heterocycles. The highest BCUT2D eigenvalue weighted by molar-refractivity contribution is 7.18. The number of carbonyl (C=O) groups is 2. The third-order valence-electron chi connectivity index (χ3n) is 7.81. The maximum Gasteiger partial charge on any atom is 0.336 e. The van der Waals surface area contributed by atoms with E-state index >= 15 is 0 Å². The van der Waals surface area contributed by atoms with Crippen LogP contribution in [-0.4, -0.2) is 47.9 Å². The summed E-state index contributed by atoms with van der Waals surface area (Å²) < 4.78 is 15.3. The second-order valence-electron chi connectivity index (χ2n) is 12.1. The number of nitrogens with zero attached hydrogens (tertiary/aromatic N) is 2. The van der Waals surface area contributed by atoms with Crippen molar-refractivity contribution < 1.29 is 19.1 Å². The number of fused-ring (bicyclic) bond motifs is 1. The van der Waals surface area contributed by atoms with Crippen molar-refractivity contribution in [2.75, 3.05) is 0 Å². The van der Waals surface area contributed by atoms with Crippen molar-refractivity contribution in [1.82, 2.24) is 9.55 Å². The molecule has 38 heavy (non-hydrogen) atoms. The van der Waals surface area contributed by atoms with E-state index < -0.39 is 26.4 Å². The van der Waals surface area contributed by atoms with Crippen molar-refractivity contribution in [3.05, 3.63) is 65.2 Å². The van der Waals surface area contributed by atoms with E-state index in [2.05, 4.69) is 52.3 Å². The summed E-state index contributed by atoms with van der Waals surface area (Å²) in [5, 5.41) is 0.805. The Labute approximate surface area is 231 Å². The molecule has 8 heteroatoms. The van der Waals surface area contributed by atoms with E-state index in [9.17, 15) is 9.59 Å². The average Bonchev–Trinajstić information content (AvgIpc) is 3.26. The summed E-state index contributed by atoms with van der Waals surface area (Å²) in [6.07, 6.45) is -0.471. The van der Waals surface area contributed by atoms with Gasteiger partial charge < -0.3 is 14.0 Å². The SMILES string of the molecule is CC(C)C[C@H]1[C@H](O[C@@H](Cc2nc3ccccc3s2)C(=O)OCc2ccccc2)C(=O)N1[Si](C)(C)C(C)(C)C. The Morgan fingerprint density at radius 3 is 2.37 bits per heavy atom. The molecule has 6 nitrogen and oxygen atoms in total. The lowest BCUT2D eigenvalue weighted by molar-refractivity contribution is -0.184. The first kappa shape index (κ1) is 28.5. The molecule has 0 radical (unpaired) electrons. The van der Waals surface area contributed by atoms with E-state index in [0.29, 0.717) is 5.92 Å². The van der Waals surface area contributed by atoms with Gasteiger partial charge in [0.25, 0.3) is 0 Å². The van der Waals surface area contributed by atoms with Gasteiger partial charge in [-0.1, -0.05) is 90.2 Å². The van der Waals surface area contributed by atoms with Crippen molar-refractivity contribution in [3.8, 4) is 0 Å². The smallest absolute Gasteiger partial charge is 0.336 e. The van der Waals surface area contributed by atoms with Gasteiger partial charge in [-0.25, -0.2) is 9.78 Å². The maximum atomic E-state index is 13.6. The molecule has 0 bridgehead atoms. The zero-order chi connectivity index (χ0) is 27.7. The lowest BCUT2D eigenvalue weighted by atomic mass is 9.92. The number of rotatable bonds is 10. The lowest BCUT2D eigenvalue weighted by Gasteiger charge is -2.58. The highest BCUT2D eigenvalue weighted by Gasteiger charge is 2.58. The molecule has 2 aromatic carbocycles. The number of esters is 1. The molecule has 1 aliphatic rings. The van der Waals surface area contributed by atoms with Gasteiger partial charge in [-0.2, -0.15) is 0 Å². The highest BCUT2D eigenvalue weighted by Crippen LogP contribution is 2.45. The number of ether oxygens (including phenoxy) is 2. The fourth-order valence-corrected chi connectivity index (χ4v) is 8.25. The van der Waals surface area contributed by atoms with E-state index in [4.69, 9.17) is 14.5 Å². The monoisotopic (exact) mass is 552 g/mol. The third kappa shape index (κ3) is 6.03. The molecule has 0 saturated carbocycles. The van der Waals surface area contributed by atoms with Crippen LogP contribution in [0.15, 0.2) is 54.6 Å². The zero-order valence-electron chi connectivity index (χ0n) is 23.6. The van der Waals surface area contributed by atoms with Gasteiger partial charge in [0.2, 0.25) is 5.91 Å². The Morgan fingerprint density at radius 1 is 1.08 bits per heavy atom. The molecule has 1 aromatic heterocycles. The molecule has 0 spiro atoms. The average molecular weight is 553 g/mol. The summed E-state index contributed by atoms with van der Waals surface area (Å²) in [5.41, 5.74) is 1.80. The molecule has 0 aliphatic carbocycles. The Morgan fingerprint density at radius 2 is 1.74 bits per heavy atom. The predicted octanol–water partition coefficient (Wildman–Crippen LogP) is 6.60. The first-order chi connectivity index (χ1) is 17.9. The number of benzene rings is 2. The van der Waals surface area contributed by atoms with E-state index in [-0.39, 0.29) is 30.0 Å². The molecule has 1 amide bonds. The second-order valence-corrected chi connectivity index (χ2v) is 18.3. The molecule has 1 fully saturated rings. The minimum Gasteiger partial charge on any atom is -0.459 e. The molecule has 3 aromatic rings. The Kier molecular flexibility index (Phi) is 8.45. The van der Waals surface area contributed by atoms with Crippen LogP contribution in [0.5, 0.6) is 0 Å². The summed E-state index contributed by atoms with van der Waals surface area (Å²) in [5.74, 6) is -0.0819. The number of para-hydroxylation sites is 1. The largest absolute Gasteiger partial charge is 0.459 e. The minimum absolute atomic E-state index is 0.00704. The van der Waals surface area contributed by atoms with E-state index in [1.165, 1.54) is 0 Å². The molecular formula is C30H40N2O4SSi. The van der Waals surface area contributed by atoms with Crippen LogP contribution < -0.4 is 0 Å². The van der Waals surface area contributed by atoms with Gasteiger partial charge in [-0.15, -0.1) is 11.3 Å². The summed E-state index contributed by atoms with van der Waals surface area (Å²) in [4.78, 5) is 31.8. The van der Waals surface area contributed by atoms with Gasteiger partial charge in [-0.3, -0.25) is 4.79 Å². The molecular weight excluding hydrogens is 512 g/mol. The van der Waals surface area contributed by atoms with Gasteiger partial charge in [0.05, 0.1) is 21.3 Å². The highest BCUT2D eigenvalue weighted by atomic mass is 32.1. The van der Waals surface area contributed by atoms with Crippen LogP contribution in [0.1, 0.15) is 51.6 Å². The molecule has 3 atom stereocenters. The van der Waals surface area contributed by atoms with E-state index in [1.54, 1.807) is 11.3 Å². The van der Waals surface area contributed by atoms with Crippen LogP contribution in [0.2, 0.25) is 18.1 Å². The van der Waals surface area contributed by atoms with Crippen LogP contribution in [0.3, 0.4) is 0 Å². The predicted molar refractivity (Wildman–Crippen MR) is 156 cm³/mol. The second kappa shape index (κ2) is 11.3. The van der Waals surface area contributed by atoms with Crippen molar-refractivity contribution in [2.24, 2.45) is 5.92 Å². The van der Waals surface area contributed by atoms with Crippen LogP contribution in [0.25, 0.3) is 10.2 Å². The van der Waals surface area contributed by atoms with Gasteiger partial charge in [0, 0.05) is 6.42 Å². The summed E-state index contributed by atoms with van der Waals surface area (Å²) >= 11 is 1.54. The normalized spacial score (nSPS) is 19.1. The first-order valence-corrected chi connectivity index (χ1v) is 17.2. The fourth-order valence-electron chi connectivity index (χ4n) is 4.78. The van der Waals surface area contributed by atoms with Gasteiger partial charge in [0.15, 0.2) is 20.4 Å². The maximum absolute atomic E-state index is 13.6. The van der Waals surface area contributed by atoms with Crippen molar-refractivity contribution >= 4 is 41.7 Å². The number of amides is 1. The van der Waals surface area contributed by atoms with Crippen molar-refractivity contribution in [1.29, 1.82) is 0 Å². The summed E-state index contributed by atoms with van der Waals surface area (Å²) in [6, 6.07) is 17.4. The third-order valence-corrected chi connectivity index (χ3v) is 14.3. The van der Waals surface area contributed by atoms with Gasteiger partial charge >= 0.3 is 5.97 Å². The van der Waals surface area contributed by atoms with Crippen molar-refractivity contribution in [2.45, 2.75) is 90.4 Å². The Hall–Kier alpha value is -2.55. The summed E-state index contributed by atoms with van der Waals surface area (Å²) in [7, 11) is -2.11. The Bertz CT molecular complexity index is 1230. The quantitative estimate of drug-likeness (QED) is 0.161. The van der Waals surface area contributed by atoms with Crippen molar-refractivity contribution in [3.63, 3.8) is 0 Å². The zero-order valence-corrected chi connectivity index (χ0v) is 25.4. The number of hydrogen-bond donors (Lipinski definition) is 0. The van der Waals surface area contributed by atoms with E-state index in [1.807, 2.05) is 54.6 Å². The molecule has 2 heterocycles. The number of hydrogen-bond acceptors (Lipinski definition) is 6. The van der Waals surface area contributed by atoms with Crippen LogP contribution in [0, 0.1) is 5.92 Å². The standard InChI is InChI=1S/C30H40N2O4SSi/c1-20(2)17-23-27(28(33)32(23)38(6,7)30(3,4)5)36-24(29(34)35-19-21-13-9-8-10-14-21)18-26-31-22-15-11-12-16-25(22)37-26/h8-16,20,23-24,27H,17-19H2,1-7H3/t23-,24-,27-/m0/s1. The lowest BCUT2D eigenvalue weighted by Crippen LogP contribution is -2.76. The van der Waals surface area contributed by atoms with Crippen LogP contribution >= 0.6 is 11.3 Å². The summed E-state index contributed by atoms with van der Waals surface area (Å²) in [6.45, 7) is 15.6. The molecule has 0 unspecified atom stereocenters. The molecule has 204 valence electrons. The molecule has 0 N–H and O–H groups in total. The number of thiazole rings is 1. The van der Waals surface area contributed by atoms with Crippen LogP contribution in [0.4, 0.5) is 0 Å². The van der Waals surface area contributed by atoms with Gasteiger partial charge in [-0.05, 0) is 35.1 Å².